The van der Waals surface area contributed by atoms with E-state index in [9.17, 15) is 0 Å². The van der Waals surface area contributed by atoms with Crippen LogP contribution in [0.1, 0.15) is 45.4 Å². The predicted octanol–water partition coefficient (Wildman–Crippen LogP) is 3.30. The van der Waals surface area contributed by atoms with Crippen molar-refractivity contribution in [1.82, 2.24) is 5.32 Å². The summed E-state index contributed by atoms with van der Waals surface area (Å²) in [7, 11) is 0. The van der Waals surface area contributed by atoms with Gasteiger partial charge in [0.05, 0.1) is 5.60 Å². The summed E-state index contributed by atoms with van der Waals surface area (Å²) in [4.78, 5) is 0. The topological polar surface area (TPSA) is 21.3 Å². The predicted molar refractivity (Wildman–Crippen MR) is 86.3 cm³/mol. The smallest absolute Gasteiger partial charge is 0.0795 e. The Balaban J connectivity index is 1.47. The Morgan fingerprint density at radius 1 is 1.32 bits per heavy atom. The van der Waals surface area contributed by atoms with Crippen LogP contribution in [0.4, 0.5) is 0 Å². The average molecular weight is 302 g/mol. The van der Waals surface area contributed by atoms with Gasteiger partial charge in [0, 0.05) is 29.7 Å². The van der Waals surface area contributed by atoms with E-state index in [-0.39, 0.29) is 5.60 Å². The lowest BCUT2D eigenvalue weighted by molar-refractivity contribution is -0.0712. The molecule has 0 aromatic rings. The van der Waals surface area contributed by atoms with E-state index in [2.05, 4.69) is 35.8 Å². The van der Waals surface area contributed by atoms with Crippen molar-refractivity contribution in [3.8, 4) is 0 Å². The van der Waals surface area contributed by atoms with Crippen molar-refractivity contribution in [3.05, 3.63) is 0 Å². The highest BCUT2D eigenvalue weighted by atomic mass is 32.2. The minimum absolute atomic E-state index is 0.233. The Morgan fingerprint density at radius 2 is 2.26 bits per heavy atom. The fourth-order valence-corrected chi connectivity index (χ4v) is 6.37. The molecule has 0 aromatic heterocycles. The molecular formula is C15H27NOS2. The van der Waals surface area contributed by atoms with Crippen molar-refractivity contribution in [2.75, 3.05) is 23.9 Å². The van der Waals surface area contributed by atoms with Gasteiger partial charge in [-0.05, 0) is 50.0 Å². The normalized spacial score (nSPS) is 43.1. The van der Waals surface area contributed by atoms with Crippen molar-refractivity contribution < 1.29 is 4.74 Å². The fraction of sp³-hybridized carbons (Fsp3) is 1.00. The fourth-order valence-electron chi connectivity index (χ4n) is 3.85. The van der Waals surface area contributed by atoms with Gasteiger partial charge in [0.1, 0.15) is 0 Å². The van der Waals surface area contributed by atoms with Gasteiger partial charge in [-0.25, -0.2) is 0 Å². The SMILES string of the molecule is CCSC1CCC(NC2CCOC3(CCSC3)C2)C1. The summed E-state index contributed by atoms with van der Waals surface area (Å²) in [5, 5.41) is 4.87. The van der Waals surface area contributed by atoms with Crippen LogP contribution < -0.4 is 5.32 Å². The van der Waals surface area contributed by atoms with Crippen LogP contribution in [0.25, 0.3) is 0 Å². The molecule has 0 radical (unpaired) electrons. The molecular weight excluding hydrogens is 274 g/mol. The van der Waals surface area contributed by atoms with Crippen molar-refractivity contribution in [2.24, 2.45) is 0 Å². The Labute approximate surface area is 126 Å². The zero-order valence-corrected chi connectivity index (χ0v) is 13.7. The van der Waals surface area contributed by atoms with Gasteiger partial charge in [-0.1, -0.05) is 6.92 Å². The Morgan fingerprint density at radius 3 is 3.05 bits per heavy atom. The maximum Gasteiger partial charge on any atom is 0.0795 e. The first kappa shape index (κ1) is 14.6. The number of hydrogen-bond donors (Lipinski definition) is 1. The molecule has 4 unspecified atom stereocenters. The van der Waals surface area contributed by atoms with Crippen LogP contribution in [0.15, 0.2) is 0 Å². The second-order valence-corrected chi connectivity index (χ2v) is 8.96. The van der Waals surface area contributed by atoms with Crippen LogP contribution in [0, 0.1) is 0 Å². The lowest BCUT2D eigenvalue weighted by atomic mass is 9.89. The van der Waals surface area contributed by atoms with Gasteiger partial charge in [-0.15, -0.1) is 0 Å². The average Bonchev–Trinajstić information content (AvgIpc) is 3.01. The quantitative estimate of drug-likeness (QED) is 0.859. The van der Waals surface area contributed by atoms with Crippen molar-refractivity contribution in [2.45, 2.75) is 68.4 Å². The largest absolute Gasteiger partial charge is 0.374 e. The minimum atomic E-state index is 0.233. The summed E-state index contributed by atoms with van der Waals surface area (Å²) in [5.74, 6) is 3.80. The molecule has 1 aliphatic carbocycles. The minimum Gasteiger partial charge on any atom is -0.374 e. The Kier molecular flexibility index (Phi) is 5.05. The maximum atomic E-state index is 6.12. The number of hydrogen-bond acceptors (Lipinski definition) is 4. The molecule has 0 amide bonds. The van der Waals surface area contributed by atoms with Gasteiger partial charge in [0.2, 0.25) is 0 Å². The molecule has 4 atom stereocenters. The van der Waals surface area contributed by atoms with Crippen LogP contribution in [0.2, 0.25) is 0 Å². The van der Waals surface area contributed by atoms with E-state index in [0.717, 1.165) is 17.9 Å². The van der Waals surface area contributed by atoms with Gasteiger partial charge in [-0.2, -0.15) is 23.5 Å². The molecule has 3 aliphatic rings. The van der Waals surface area contributed by atoms with Gasteiger partial charge in [0.25, 0.3) is 0 Å². The number of ether oxygens (including phenoxy) is 1. The van der Waals surface area contributed by atoms with E-state index in [1.807, 2.05) is 0 Å². The van der Waals surface area contributed by atoms with Crippen molar-refractivity contribution in [1.29, 1.82) is 0 Å². The summed E-state index contributed by atoms with van der Waals surface area (Å²) in [6.07, 6.45) is 7.93. The molecule has 3 rings (SSSR count). The van der Waals surface area contributed by atoms with E-state index in [1.54, 1.807) is 0 Å². The highest BCUT2D eigenvalue weighted by molar-refractivity contribution is 8.00. The van der Waals surface area contributed by atoms with Crippen LogP contribution in [-0.4, -0.2) is 46.8 Å². The molecule has 1 N–H and O–H groups in total. The molecule has 1 spiro atoms. The third kappa shape index (κ3) is 3.63. The molecule has 3 fully saturated rings. The van der Waals surface area contributed by atoms with Crippen LogP contribution in [0.3, 0.4) is 0 Å². The zero-order valence-electron chi connectivity index (χ0n) is 12.0. The number of thioether (sulfide) groups is 2. The van der Waals surface area contributed by atoms with Gasteiger partial charge < -0.3 is 10.1 Å². The Hall–Kier alpha value is 0.620. The lowest BCUT2D eigenvalue weighted by Gasteiger charge is -2.39. The van der Waals surface area contributed by atoms with Gasteiger partial charge in [0.15, 0.2) is 0 Å². The molecule has 4 heteroatoms. The molecule has 2 heterocycles. The molecule has 19 heavy (non-hydrogen) atoms. The highest BCUT2D eigenvalue weighted by Gasteiger charge is 2.41. The molecule has 2 aliphatic heterocycles. The summed E-state index contributed by atoms with van der Waals surface area (Å²) in [5.41, 5.74) is 0.233. The second kappa shape index (κ2) is 6.59. The summed E-state index contributed by atoms with van der Waals surface area (Å²) >= 11 is 4.23. The first-order valence-electron chi connectivity index (χ1n) is 7.89. The molecule has 110 valence electrons. The van der Waals surface area contributed by atoms with Crippen LogP contribution >= 0.6 is 23.5 Å². The third-order valence-corrected chi connectivity index (χ3v) is 7.27. The lowest BCUT2D eigenvalue weighted by Crippen LogP contribution is -2.49. The highest BCUT2D eigenvalue weighted by Crippen LogP contribution is 2.39. The third-order valence-electron chi connectivity index (χ3n) is 4.82. The van der Waals surface area contributed by atoms with Gasteiger partial charge in [-0.3, -0.25) is 0 Å². The van der Waals surface area contributed by atoms with Crippen molar-refractivity contribution in [3.63, 3.8) is 0 Å². The first-order chi connectivity index (χ1) is 9.30. The van der Waals surface area contributed by atoms with E-state index >= 15 is 0 Å². The molecule has 1 saturated carbocycles. The van der Waals surface area contributed by atoms with E-state index < -0.39 is 0 Å². The zero-order chi connectivity index (χ0) is 13.1. The maximum absolute atomic E-state index is 6.12. The van der Waals surface area contributed by atoms with Gasteiger partial charge >= 0.3 is 0 Å². The standard InChI is InChI=1S/C15H27NOS2/c1-2-19-14-4-3-12(9-14)16-13-5-7-17-15(10-13)6-8-18-11-15/h12-14,16H,2-11H2,1H3. The van der Waals surface area contributed by atoms with Crippen molar-refractivity contribution >= 4 is 23.5 Å². The van der Waals surface area contributed by atoms with E-state index in [1.165, 1.54) is 55.8 Å². The molecule has 0 aromatic carbocycles. The van der Waals surface area contributed by atoms with Crippen LogP contribution in [-0.2, 0) is 4.74 Å². The summed E-state index contributed by atoms with van der Waals surface area (Å²) < 4.78 is 6.12. The van der Waals surface area contributed by atoms with E-state index in [0.29, 0.717) is 6.04 Å². The molecule has 2 saturated heterocycles. The summed E-state index contributed by atoms with van der Waals surface area (Å²) in [6.45, 7) is 3.25. The van der Waals surface area contributed by atoms with Crippen LogP contribution in [0.5, 0.6) is 0 Å². The summed E-state index contributed by atoms with van der Waals surface area (Å²) in [6, 6.07) is 1.49. The Bertz CT molecular complexity index is 294. The second-order valence-electron chi connectivity index (χ2n) is 6.28. The van der Waals surface area contributed by atoms with E-state index in [4.69, 9.17) is 4.74 Å². The first-order valence-corrected chi connectivity index (χ1v) is 10.1. The monoisotopic (exact) mass is 301 g/mol. The number of nitrogens with one attached hydrogen (secondary N) is 1. The molecule has 2 nitrogen and oxygen atoms in total. The molecule has 0 bridgehead atoms. The number of rotatable bonds is 4.